The molecule has 6 nitrogen and oxygen atoms in total. The van der Waals surface area contributed by atoms with Crippen LogP contribution in [0.25, 0.3) is 0 Å². The molecular formula is C19H27N3O3. The Hall–Kier alpha value is -2.08. The molecule has 3 rings (SSSR count). The Morgan fingerprint density at radius 1 is 1.40 bits per heavy atom. The fourth-order valence-electron chi connectivity index (χ4n) is 3.53. The molecule has 0 spiro atoms. The topological polar surface area (TPSA) is 93.4 Å². The maximum Gasteiger partial charge on any atom is 0.265 e. The monoisotopic (exact) mass is 345 g/mol. The molecule has 4 N–H and O–H groups in total. The van der Waals surface area contributed by atoms with Crippen molar-refractivity contribution in [2.45, 2.75) is 70.1 Å². The van der Waals surface area contributed by atoms with Gasteiger partial charge in [0.1, 0.15) is 5.75 Å². The van der Waals surface area contributed by atoms with Gasteiger partial charge in [0.25, 0.3) is 5.91 Å². The fourth-order valence-corrected chi connectivity index (χ4v) is 3.53. The number of amides is 2. The van der Waals surface area contributed by atoms with Crippen molar-refractivity contribution in [3.05, 3.63) is 23.8 Å². The second kappa shape index (κ2) is 7.04. The Morgan fingerprint density at radius 3 is 2.80 bits per heavy atom. The summed E-state index contributed by atoms with van der Waals surface area (Å²) in [4.78, 5) is 24.5. The van der Waals surface area contributed by atoms with Crippen LogP contribution < -0.4 is 21.1 Å². The van der Waals surface area contributed by atoms with Gasteiger partial charge < -0.3 is 21.1 Å². The number of ether oxygens (including phenoxy) is 1. The van der Waals surface area contributed by atoms with Crippen molar-refractivity contribution in [1.82, 2.24) is 5.32 Å². The lowest BCUT2D eigenvalue weighted by atomic mass is 9.81. The number of carbonyl (C=O) groups is 2. The van der Waals surface area contributed by atoms with Crippen molar-refractivity contribution in [3.63, 3.8) is 0 Å². The zero-order valence-corrected chi connectivity index (χ0v) is 14.9. The van der Waals surface area contributed by atoms with Gasteiger partial charge in [-0.05, 0) is 43.9 Å². The quantitative estimate of drug-likeness (QED) is 0.782. The van der Waals surface area contributed by atoms with E-state index in [4.69, 9.17) is 10.5 Å². The molecule has 25 heavy (non-hydrogen) atoms. The van der Waals surface area contributed by atoms with E-state index in [-0.39, 0.29) is 17.9 Å². The molecule has 2 aliphatic rings. The van der Waals surface area contributed by atoms with Crippen molar-refractivity contribution < 1.29 is 14.3 Å². The minimum atomic E-state index is -0.751. The van der Waals surface area contributed by atoms with E-state index in [9.17, 15) is 9.59 Å². The summed E-state index contributed by atoms with van der Waals surface area (Å²) in [5.41, 5.74) is 7.15. The zero-order valence-electron chi connectivity index (χ0n) is 14.9. The molecule has 1 aromatic rings. The molecule has 1 aromatic carbocycles. The highest BCUT2D eigenvalue weighted by Gasteiger charge is 2.36. The van der Waals surface area contributed by atoms with Gasteiger partial charge in [-0.25, -0.2) is 0 Å². The maximum absolute atomic E-state index is 12.6. The van der Waals surface area contributed by atoms with Crippen LogP contribution >= 0.6 is 0 Å². The van der Waals surface area contributed by atoms with Crippen LogP contribution in [0.1, 0.15) is 64.0 Å². The highest BCUT2D eigenvalue weighted by molar-refractivity contribution is 5.97. The van der Waals surface area contributed by atoms with Crippen LogP contribution in [0.3, 0.4) is 0 Å². The smallest absolute Gasteiger partial charge is 0.265 e. The second-order valence-corrected chi connectivity index (χ2v) is 7.17. The SMILES string of the molecule is CCC1Oc2cc(C(C)NC(=O)C3(N)CCCCC3)ccc2NC1=O. The number of carbonyl (C=O) groups excluding carboxylic acids is 2. The van der Waals surface area contributed by atoms with Crippen molar-refractivity contribution in [1.29, 1.82) is 0 Å². The number of hydrogen-bond acceptors (Lipinski definition) is 4. The van der Waals surface area contributed by atoms with Crippen molar-refractivity contribution in [2.24, 2.45) is 5.73 Å². The van der Waals surface area contributed by atoms with Crippen LogP contribution in [0.15, 0.2) is 18.2 Å². The summed E-state index contributed by atoms with van der Waals surface area (Å²) in [5, 5.41) is 5.89. The number of fused-ring (bicyclic) bond motifs is 1. The molecular weight excluding hydrogens is 318 g/mol. The standard InChI is InChI=1S/C19H27N3O3/c1-3-15-17(23)22-14-8-7-13(11-16(14)25-15)12(2)21-18(24)19(20)9-5-4-6-10-19/h7-8,11-12,15H,3-6,9-10,20H2,1-2H3,(H,21,24)(H,22,23). The summed E-state index contributed by atoms with van der Waals surface area (Å²) < 4.78 is 5.78. The second-order valence-electron chi connectivity index (χ2n) is 7.17. The molecule has 0 saturated heterocycles. The lowest BCUT2D eigenvalue weighted by Gasteiger charge is -2.33. The predicted molar refractivity (Wildman–Crippen MR) is 96.3 cm³/mol. The molecule has 1 heterocycles. The average molecular weight is 345 g/mol. The van der Waals surface area contributed by atoms with Crippen molar-refractivity contribution >= 4 is 17.5 Å². The summed E-state index contributed by atoms with van der Waals surface area (Å²) >= 11 is 0. The number of anilines is 1. The summed E-state index contributed by atoms with van der Waals surface area (Å²) in [6, 6.07) is 5.41. The van der Waals surface area contributed by atoms with Crippen LogP contribution in [0.5, 0.6) is 5.75 Å². The average Bonchev–Trinajstić information content (AvgIpc) is 2.61. The van der Waals surface area contributed by atoms with Gasteiger partial charge >= 0.3 is 0 Å². The Kier molecular flexibility index (Phi) is 4.99. The summed E-state index contributed by atoms with van der Waals surface area (Å²) in [5.74, 6) is 0.440. The molecule has 0 bridgehead atoms. The van der Waals surface area contributed by atoms with Gasteiger partial charge in [0, 0.05) is 0 Å². The summed E-state index contributed by atoms with van der Waals surface area (Å²) in [6.07, 6.45) is 4.77. The first-order valence-electron chi connectivity index (χ1n) is 9.14. The number of nitrogens with two attached hydrogens (primary N) is 1. The summed E-state index contributed by atoms with van der Waals surface area (Å²) in [7, 11) is 0. The molecule has 2 atom stereocenters. The van der Waals surface area contributed by atoms with E-state index >= 15 is 0 Å². The van der Waals surface area contributed by atoms with Crippen LogP contribution in [-0.2, 0) is 9.59 Å². The molecule has 1 fully saturated rings. The Balaban J connectivity index is 1.71. The van der Waals surface area contributed by atoms with Gasteiger partial charge in [-0.15, -0.1) is 0 Å². The predicted octanol–water partition coefficient (Wildman–Crippen LogP) is 2.63. The van der Waals surface area contributed by atoms with Crippen molar-refractivity contribution in [3.8, 4) is 5.75 Å². The Labute approximate surface area is 148 Å². The molecule has 6 heteroatoms. The normalized spacial score (nSPS) is 23.0. The van der Waals surface area contributed by atoms with Crippen LogP contribution in [0.2, 0.25) is 0 Å². The highest BCUT2D eigenvalue weighted by atomic mass is 16.5. The maximum atomic E-state index is 12.6. The van der Waals surface area contributed by atoms with Gasteiger partial charge in [-0.2, -0.15) is 0 Å². The third kappa shape index (κ3) is 3.63. The molecule has 0 aromatic heterocycles. The first-order valence-corrected chi connectivity index (χ1v) is 9.14. The van der Waals surface area contributed by atoms with E-state index in [1.165, 1.54) is 0 Å². The van der Waals surface area contributed by atoms with Crippen LogP contribution in [0, 0.1) is 0 Å². The largest absolute Gasteiger partial charge is 0.478 e. The van der Waals surface area contributed by atoms with E-state index < -0.39 is 11.6 Å². The van der Waals surface area contributed by atoms with Gasteiger partial charge in [-0.3, -0.25) is 9.59 Å². The lowest BCUT2D eigenvalue weighted by Crippen LogP contribution is -2.55. The van der Waals surface area contributed by atoms with Gasteiger partial charge in [0.15, 0.2) is 6.10 Å². The minimum absolute atomic E-state index is 0.0851. The molecule has 1 saturated carbocycles. The van der Waals surface area contributed by atoms with Crippen LogP contribution in [0.4, 0.5) is 5.69 Å². The zero-order chi connectivity index (χ0) is 18.0. The minimum Gasteiger partial charge on any atom is -0.478 e. The molecule has 1 aliphatic heterocycles. The van der Waals surface area contributed by atoms with E-state index in [1.807, 2.05) is 32.0 Å². The van der Waals surface area contributed by atoms with Gasteiger partial charge in [0.05, 0.1) is 17.3 Å². The molecule has 2 unspecified atom stereocenters. The lowest BCUT2D eigenvalue weighted by molar-refractivity contribution is -0.128. The number of hydrogen-bond donors (Lipinski definition) is 3. The Morgan fingerprint density at radius 2 is 2.12 bits per heavy atom. The van der Waals surface area contributed by atoms with Crippen molar-refractivity contribution in [2.75, 3.05) is 5.32 Å². The van der Waals surface area contributed by atoms with Gasteiger partial charge in [0.2, 0.25) is 5.91 Å². The Bertz CT molecular complexity index is 668. The first kappa shape index (κ1) is 17.7. The number of rotatable bonds is 4. The molecule has 2 amide bonds. The number of nitrogens with one attached hydrogen (secondary N) is 2. The molecule has 136 valence electrons. The van der Waals surface area contributed by atoms with E-state index in [1.54, 1.807) is 0 Å². The fraction of sp³-hybridized carbons (Fsp3) is 0.579. The summed E-state index contributed by atoms with van der Waals surface area (Å²) in [6.45, 7) is 3.84. The molecule has 1 aliphatic carbocycles. The van der Waals surface area contributed by atoms with E-state index in [0.29, 0.717) is 17.9 Å². The van der Waals surface area contributed by atoms with E-state index in [2.05, 4.69) is 10.6 Å². The van der Waals surface area contributed by atoms with E-state index in [0.717, 1.165) is 37.7 Å². The third-order valence-electron chi connectivity index (χ3n) is 5.24. The third-order valence-corrected chi connectivity index (χ3v) is 5.24. The van der Waals surface area contributed by atoms with Crippen LogP contribution in [-0.4, -0.2) is 23.5 Å². The highest BCUT2D eigenvalue weighted by Crippen LogP contribution is 2.33. The molecule has 0 radical (unpaired) electrons. The van der Waals surface area contributed by atoms with Gasteiger partial charge in [-0.1, -0.05) is 32.3 Å². The first-order chi connectivity index (χ1) is 11.9. The number of benzene rings is 1.